The molecule has 0 saturated heterocycles. The first-order valence-electron chi connectivity index (χ1n) is 9.14. The van der Waals surface area contributed by atoms with E-state index in [9.17, 15) is 10.1 Å². The molecule has 0 aromatic heterocycles. The molecule has 1 aliphatic rings. The van der Waals surface area contributed by atoms with Gasteiger partial charge in [0, 0.05) is 25.8 Å². The minimum Gasteiger partial charge on any atom is -0.480 e. The second kappa shape index (κ2) is 9.54. The molecule has 28 heavy (non-hydrogen) atoms. The molecule has 0 radical (unpaired) electrons. The van der Waals surface area contributed by atoms with Gasteiger partial charge in [0.05, 0.1) is 0 Å². The molecule has 2 aromatic carbocycles. The lowest BCUT2D eigenvalue weighted by Gasteiger charge is -2.26. The molecular weight excluding hydrogens is 352 g/mol. The number of nitrogens with one attached hydrogen (secondary N) is 1. The summed E-state index contributed by atoms with van der Waals surface area (Å²) >= 11 is 0. The first kappa shape index (κ1) is 19.4. The van der Waals surface area contributed by atoms with Crippen LogP contribution in [0.25, 0.3) is 6.08 Å². The van der Waals surface area contributed by atoms with Crippen LogP contribution in [0.15, 0.2) is 71.8 Å². The largest absolute Gasteiger partial charge is 0.480 e. The molecule has 1 N–H and O–H groups in total. The van der Waals surface area contributed by atoms with Crippen molar-refractivity contribution in [3.05, 3.63) is 82.9 Å². The van der Waals surface area contributed by atoms with E-state index in [-0.39, 0.29) is 11.7 Å². The summed E-state index contributed by atoms with van der Waals surface area (Å²) in [5.74, 6) is 0.376. The fraction of sp³-hybridized carbons (Fsp3) is 0.217. The smallest absolute Gasteiger partial charge is 0.261 e. The molecule has 5 heteroatoms. The van der Waals surface area contributed by atoms with Crippen LogP contribution < -0.4 is 10.1 Å². The van der Waals surface area contributed by atoms with Crippen molar-refractivity contribution < 1.29 is 14.3 Å². The first-order chi connectivity index (χ1) is 13.7. The highest BCUT2D eigenvalue weighted by Gasteiger charge is 2.24. The molecule has 3 rings (SSSR count). The number of nitrogens with zero attached hydrogens (tertiary/aromatic N) is 1. The fourth-order valence-corrected chi connectivity index (χ4v) is 2.99. The van der Waals surface area contributed by atoms with Gasteiger partial charge in [0.25, 0.3) is 5.91 Å². The Morgan fingerprint density at radius 1 is 1.21 bits per heavy atom. The Bertz CT molecular complexity index is 926. The number of amides is 1. The van der Waals surface area contributed by atoms with Gasteiger partial charge < -0.3 is 14.8 Å². The van der Waals surface area contributed by atoms with Gasteiger partial charge in [-0.3, -0.25) is 4.79 Å². The van der Waals surface area contributed by atoms with Crippen LogP contribution in [0.1, 0.15) is 23.7 Å². The zero-order valence-corrected chi connectivity index (χ0v) is 15.7. The number of fused-ring (bicyclic) bond motifs is 1. The first-order valence-corrected chi connectivity index (χ1v) is 9.14. The third kappa shape index (κ3) is 4.67. The van der Waals surface area contributed by atoms with Gasteiger partial charge >= 0.3 is 0 Å². The molecule has 1 unspecified atom stereocenters. The molecule has 0 spiro atoms. The lowest BCUT2D eigenvalue weighted by Crippen LogP contribution is -2.26. The van der Waals surface area contributed by atoms with Gasteiger partial charge in [0.1, 0.15) is 23.5 Å². The predicted octanol–water partition coefficient (Wildman–Crippen LogP) is 3.81. The second-order valence-corrected chi connectivity index (χ2v) is 6.36. The monoisotopic (exact) mass is 374 g/mol. The Morgan fingerprint density at radius 2 is 1.96 bits per heavy atom. The van der Waals surface area contributed by atoms with Crippen LogP contribution in [0.2, 0.25) is 0 Å². The minimum atomic E-state index is -0.398. The van der Waals surface area contributed by atoms with Crippen molar-refractivity contribution in [3.63, 3.8) is 0 Å². The molecular formula is C23H22N2O3. The quantitative estimate of drug-likeness (QED) is 0.454. The maximum absolute atomic E-state index is 12.4. The van der Waals surface area contributed by atoms with Gasteiger partial charge in [0.15, 0.2) is 0 Å². The van der Waals surface area contributed by atoms with Crippen LogP contribution in [0.3, 0.4) is 0 Å². The van der Waals surface area contributed by atoms with E-state index in [0.717, 1.165) is 22.4 Å². The minimum absolute atomic E-state index is 0.0487. The summed E-state index contributed by atoms with van der Waals surface area (Å²) in [6.45, 7) is 1.00. The van der Waals surface area contributed by atoms with Crippen molar-refractivity contribution in [1.82, 2.24) is 5.32 Å². The zero-order valence-electron chi connectivity index (χ0n) is 15.7. The van der Waals surface area contributed by atoms with Crippen LogP contribution in [0.4, 0.5) is 0 Å². The predicted molar refractivity (Wildman–Crippen MR) is 107 cm³/mol. The Kier molecular flexibility index (Phi) is 6.61. The molecule has 1 amide bonds. The van der Waals surface area contributed by atoms with Crippen molar-refractivity contribution in [3.8, 4) is 11.8 Å². The van der Waals surface area contributed by atoms with E-state index in [1.807, 2.05) is 66.7 Å². The van der Waals surface area contributed by atoms with E-state index < -0.39 is 5.91 Å². The second-order valence-electron chi connectivity index (χ2n) is 6.36. The van der Waals surface area contributed by atoms with Gasteiger partial charge in [0.2, 0.25) is 0 Å². The highest BCUT2D eigenvalue weighted by Crippen LogP contribution is 2.38. The average Bonchev–Trinajstić information content (AvgIpc) is 2.75. The van der Waals surface area contributed by atoms with Crippen molar-refractivity contribution in [2.24, 2.45) is 0 Å². The van der Waals surface area contributed by atoms with Gasteiger partial charge in [-0.05, 0) is 35.8 Å². The zero-order chi connectivity index (χ0) is 19.8. The number of carbonyl (C=O) groups excluding carboxylic acids is 1. The summed E-state index contributed by atoms with van der Waals surface area (Å²) in [5.41, 5.74) is 2.68. The van der Waals surface area contributed by atoms with Crippen molar-refractivity contribution in [2.45, 2.75) is 12.5 Å². The number of carbonyl (C=O) groups is 1. The van der Waals surface area contributed by atoms with Crippen LogP contribution >= 0.6 is 0 Å². The Morgan fingerprint density at radius 3 is 2.71 bits per heavy atom. The maximum Gasteiger partial charge on any atom is 0.261 e. The SMILES string of the molecule is COCCCNC(=O)C(C#N)=CC1=Cc2ccccc2OC1c1ccccc1. The van der Waals surface area contributed by atoms with Crippen LogP contribution in [0, 0.1) is 11.3 Å². The Labute approximate surface area is 164 Å². The number of para-hydroxylation sites is 1. The van der Waals surface area contributed by atoms with Crippen LogP contribution in [-0.4, -0.2) is 26.2 Å². The molecule has 5 nitrogen and oxygen atoms in total. The van der Waals surface area contributed by atoms with E-state index in [1.54, 1.807) is 13.2 Å². The summed E-state index contributed by atoms with van der Waals surface area (Å²) in [4.78, 5) is 12.4. The molecule has 1 atom stereocenters. The van der Waals surface area contributed by atoms with E-state index in [1.165, 1.54) is 0 Å². The lowest BCUT2D eigenvalue weighted by atomic mass is 9.94. The molecule has 1 heterocycles. The molecule has 2 aromatic rings. The van der Waals surface area contributed by atoms with Crippen molar-refractivity contribution in [1.29, 1.82) is 5.26 Å². The molecule has 0 aliphatic carbocycles. The van der Waals surface area contributed by atoms with Gasteiger partial charge in [-0.1, -0.05) is 48.5 Å². The highest BCUT2D eigenvalue weighted by molar-refractivity contribution is 5.98. The van der Waals surface area contributed by atoms with E-state index in [4.69, 9.17) is 9.47 Å². The highest BCUT2D eigenvalue weighted by atomic mass is 16.5. The standard InChI is InChI=1S/C23H22N2O3/c1-27-13-7-12-25-23(26)20(16-24)15-19-14-18-10-5-6-11-21(18)28-22(19)17-8-3-2-4-9-17/h2-6,8-11,14-15,22H,7,12-13H2,1H3,(H,25,26). The van der Waals surface area contributed by atoms with Crippen LogP contribution in [0.5, 0.6) is 5.75 Å². The summed E-state index contributed by atoms with van der Waals surface area (Å²) in [6, 6.07) is 19.5. The number of benzene rings is 2. The number of ether oxygens (including phenoxy) is 2. The maximum atomic E-state index is 12.4. The third-order valence-electron chi connectivity index (χ3n) is 4.38. The number of nitriles is 1. The van der Waals surface area contributed by atoms with Gasteiger partial charge in [-0.2, -0.15) is 5.26 Å². The molecule has 1 aliphatic heterocycles. The topological polar surface area (TPSA) is 71.3 Å². The van der Waals surface area contributed by atoms with Crippen LogP contribution in [-0.2, 0) is 9.53 Å². The van der Waals surface area contributed by atoms with Gasteiger partial charge in [-0.15, -0.1) is 0 Å². The third-order valence-corrected chi connectivity index (χ3v) is 4.38. The number of hydrogen-bond donors (Lipinski definition) is 1. The normalized spacial score (nSPS) is 15.6. The number of hydrogen-bond acceptors (Lipinski definition) is 4. The summed E-state index contributed by atoms with van der Waals surface area (Å²) < 4.78 is 11.2. The fourth-order valence-electron chi connectivity index (χ4n) is 2.99. The van der Waals surface area contributed by atoms with E-state index in [0.29, 0.717) is 19.6 Å². The van der Waals surface area contributed by atoms with Gasteiger partial charge in [-0.25, -0.2) is 0 Å². The molecule has 0 saturated carbocycles. The molecule has 142 valence electrons. The summed E-state index contributed by atoms with van der Waals surface area (Å²) in [7, 11) is 1.61. The Hall–Kier alpha value is -3.36. The average molecular weight is 374 g/mol. The molecule has 0 fully saturated rings. The summed E-state index contributed by atoms with van der Waals surface area (Å²) in [5, 5.41) is 12.3. The van der Waals surface area contributed by atoms with Crippen molar-refractivity contribution >= 4 is 12.0 Å². The van der Waals surface area contributed by atoms with E-state index in [2.05, 4.69) is 5.32 Å². The number of rotatable bonds is 7. The van der Waals surface area contributed by atoms with E-state index >= 15 is 0 Å². The number of methoxy groups -OCH3 is 1. The summed E-state index contributed by atoms with van der Waals surface area (Å²) in [6.07, 6.45) is 3.87. The van der Waals surface area contributed by atoms with Crippen molar-refractivity contribution in [2.75, 3.05) is 20.3 Å². The molecule has 0 bridgehead atoms. The lowest BCUT2D eigenvalue weighted by molar-refractivity contribution is -0.117. The Balaban J connectivity index is 1.90.